The Morgan fingerprint density at radius 2 is 1.83 bits per heavy atom. The van der Waals surface area contributed by atoms with Crippen LogP contribution in [0.3, 0.4) is 0 Å². The number of halogens is 2. The first-order valence-corrected chi connectivity index (χ1v) is 6.92. The third kappa shape index (κ3) is 1.90. The molecule has 1 N–H and O–H groups in total. The minimum Gasteiger partial charge on any atom is -0.379 e. The standard InChI is InChI=1S/C15H19F2N/c16-11-5-4-6-12(14(11)17)18-13-7-10-15(13)8-2-1-3-9-15/h4-6,13,18H,1-3,7-10H2. The fourth-order valence-electron chi connectivity index (χ4n) is 3.58. The van der Waals surface area contributed by atoms with Crippen LogP contribution in [0, 0.1) is 17.0 Å². The second-order valence-electron chi connectivity index (χ2n) is 5.76. The molecule has 2 saturated carbocycles. The zero-order chi connectivity index (χ0) is 12.6. The van der Waals surface area contributed by atoms with Gasteiger partial charge in [0.15, 0.2) is 11.6 Å². The van der Waals surface area contributed by atoms with Crippen molar-refractivity contribution < 1.29 is 8.78 Å². The molecule has 18 heavy (non-hydrogen) atoms. The summed E-state index contributed by atoms with van der Waals surface area (Å²) in [5, 5.41) is 3.23. The number of nitrogens with one attached hydrogen (secondary N) is 1. The quantitative estimate of drug-likeness (QED) is 0.816. The molecule has 0 radical (unpaired) electrons. The molecule has 1 nitrogen and oxygen atoms in total. The molecule has 98 valence electrons. The molecular weight excluding hydrogens is 232 g/mol. The Morgan fingerprint density at radius 1 is 1.06 bits per heavy atom. The number of hydrogen-bond acceptors (Lipinski definition) is 1. The Morgan fingerprint density at radius 3 is 2.50 bits per heavy atom. The van der Waals surface area contributed by atoms with E-state index in [-0.39, 0.29) is 0 Å². The molecule has 1 unspecified atom stereocenters. The largest absolute Gasteiger partial charge is 0.379 e. The fraction of sp³-hybridized carbons (Fsp3) is 0.600. The Labute approximate surface area is 107 Å². The molecule has 3 heteroatoms. The lowest BCUT2D eigenvalue weighted by Gasteiger charge is -2.52. The van der Waals surface area contributed by atoms with E-state index < -0.39 is 11.6 Å². The van der Waals surface area contributed by atoms with Crippen LogP contribution in [0.1, 0.15) is 44.9 Å². The molecule has 0 bridgehead atoms. The van der Waals surface area contributed by atoms with Crippen molar-refractivity contribution in [3.05, 3.63) is 29.8 Å². The summed E-state index contributed by atoms with van der Waals surface area (Å²) in [5.74, 6) is -1.51. The van der Waals surface area contributed by atoms with Crippen molar-refractivity contribution in [2.24, 2.45) is 5.41 Å². The third-order valence-electron chi connectivity index (χ3n) is 4.80. The highest BCUT2D eigenvalue weighted by Crippen LogP contribution is 2.52. The molecule has 2 aliphatic rings. The van der Waals surface area contributed by atoms with E-state index in [2.05, 4.69) is 5.32 Å². The maximum atomic E-state index is 13.6. The molecule has 3 rings (SSSR count). The summed E-state index contributed by atoms with van der Waals surface area (Å²) >= 11 is 0. The van der Waals surface area contributed by atoms with Gasteiger partial charge >= 0.3 is 0 Å². The molecule has 0 aliphatic heterocycles. The minimum absolute atomic E-state index is 0.324. The van der Waals surface area contributed by atoms with E-state index >= 15 is 0 Å². The number of benzene rings is 1. The van der Waals surface area contributed by atoms with Gasteiger partial charge in [-0.25, -0.2) is 8.78 Å². The van der Waals surface area contributed by atoms with Crippen LogP contribution in [-0.4, -0.2) is 6.04 Å². The van der Waals surface area contributed by atoms with Crippen LogP contribution < -0.4 is 5.32 Å². The monoisotopic (exact) mass is 251 g/mol. The predicted octanol–water partition coefficient (Wildman–Crippen LogP) is 4.49. The molecule has 0 saturated heterocycles. The van der Waals surface area contributed by atoms with Crippen LogP contribution >= 0.6 is 0 Å². The molecule has 0 amide bonds. The molecule has 1 aromatic carbocycles. The molecule has 0 heterocycles. The first-order valence-electron chi connectivity index (χ1n) is 6.92. The van der Waals surface area contributed by atoms with E-state index in [4.69, 9.17) is 0 Å². The van der Waals surface area contributed by atoms with Gasteiger partial charge in [-0.15, -0.1) is 0 Å². The van der Waals surface area contributed by atoms with Gasteiger partial charge in [0, 0.05) is 6.04 Å². The Kier molecular flexibility index (Phi) is 3.00. The van der Waals surface area contributed by atoms with Crippen LogP contribution in [-0.2, 0) is 0 Å². The molecular formula is C15H19F2N. The van der Waals surface area contributed by atoms with E-state index in [1.54, 1.807) is 12.1 Å². The minimum atomic E-state index is -0.767. The maximum absolute atomic E-state index is 13.6. The highest BCUT2D eigenvalue weighted by atomic mass is 19.2. The second-order valence-corrected chi connectivity index (χ2v) is 5.76. The summed E-state index contributed by atoms with van der Waals surface area (Å²) in [6.45, 7) is 0. The molecule has 2 fully saturated rings. The molecule has 1 aromatic rings. The third-order valence-corrected chi connectivity index (χ3v) is 4.80. The van der Waals surface area contributed by atoms with Crippen molar-refractivity contribution in [2.75, 3.05) is 5.32 Å². The predicted molar refractivity (Wildman–Crippen MR) is 68.5 cm³/mol. The highest BCUT2D eigenvalue weighted by Gasteiger charge is 2.46. The van der Waals surface area contributed by atoms with Crippen molar-refractivity contribution in [2.45, 2.75) is 51.0 Å². The van der Waals surface area contributed by atoms with E-state index in [9.17, 15) is 8.78 Å². The Hall–Kier alpha value is -1.12. The lowest BCUT2D eigenvalue weighted by molar-refractivity contribution is 0.0569. The molecule has 2 aliphatic carbocycles. The van der Waals surface area contributed by atoms with Crippen LogP contribution in [0.15, 0.2) is 18.2 Å². The first-order chi connectivity index (χ1) is 8.71. The normalized spacial score (nSPS) is 25.8. The van der Waals surface area contributed by atoms with Crippen LogP contribution in [0.25, 0.3) is 0 Å². The lowest BCUT2D eigenvalue weighted by Crippen LogP contribution is -2.50. The zero-order valence-electron chi connectivity index (χ0n) is 10.5. The Balaban J connectivity index is 1.75. The SMILES string of the molecule is Fc1cccc(NC2CCC23CCCCC3)c1F. The van der Waals surface area contributed by atoms with Crippen LogP contribution in [0.2, 0.25) is 0 Å². The summed E-state index contributed by atoms with van der Waals surface area (Å²) < 4.78 is 26.8. The summed E-state index contributed by atoms with van der Waals surface area (Å²) in [6.07, 6.45) is 8.68. The van der Waals surface area contributed by atoms with E-state index in [0.29, 0.717) is 17.1 Å². The van der Waals surface area contributed by atoms with Gasteiger partial charge in [-0.2, -0.15) is 0 Å². The van der Waals surface area contributed by atoms with Gasteiger partial charge in [0.1, 0.15) is 0 Å². The first kappa shape index (κ1) is 11.9. The Bertz CT molecular complexity index is 438. The lowest BCUT2D eigenvalue weighted by atomic mass is 9.57. The smallest absolute Gasteiger partial charge is 0.181 e. The van der Waals surface area contributed by atoms with Crippen LogP contribution in [0.5, 0.6) is 0 Å². The summed E-state index contributed by atoms with van der Waals surface area (Å²) in [7, 11) is 0. The molecule has 1 atom stereocenters. The van der Waals surface area contributed by atoms with Crippen molar-refractivity contribution >= 4 is 5.69 Å². The van der Waals surface area contributed by atoms with Crippen molar-refractivity contribution in [3.8, 4) is 0 Å². The summed E-state index contributed by atoms with van der Waals surface area (Å²) in [4.78, 5) is 0. The van der Waals surface area contributed by atoms with Gasteiger partial charge < -0.3 is 5.32 Å². The fourth-order valence-corrected chi connectivity index (χ4v) is 3.58. The summed E-state index contributed by atoms with van der Waals surface area (Å²) in [5.41, 5.74) is 0.682. The summed E-state index contributed by atoms with van der Waals surface area (Å²) in [6, 6.07) is 4.69. The molecule has 1 spiro atoms. The van der Waals surface area contributed by atoms with E-state index in [1.807, 2.05) is 0 Å². The zero-order valence-corrected chi connectivity index (χ0v) is 10.5. The van der Waals surface area contributed by atoms with Crippen molar-refractivity contribution in [1.29, 1.82) is 0 Å². The van der Waals surface area contributed by atoms with Gasteiger partial charge in [0.05, 0.1) is 5.69 Å². The molecule has 0 aromatic heterocycles. The highest BCUT2D eigenvalue weighted by molar-refractivity contribution is 5.47. The van der Waals surface area contributed by atoms with E-state index in [0.717, 1.165) is 12.5 Å². The van der Waals surface area contributed by atoms with Crippen molar-refractivity contribution in [1.82, 2.24) is 0 Å². The average Bonchev–Trinajstić information content (AvgIpc) is 2.40. The average molecular weight is 251 g/mol. The topological polar surface area (TPSA) is 12.0 Å². The van der Waals surface area contributed by atoms with E-state index in [1.165, 1.54) is 38.5 Å². The van der Waals surface area contributed by atoms with Gasteiger partial charge in [-0.3, -0.25) is 0 Å². The number of rotatable bonds is 2. The van der Waals surface area contributed by atoms with Gasteiger partial charge in [-0.1, -0.05) is 25.3 Å². The maximum Gasteiger partial charge on any atom is 0.181 e. The van der Waals surface area contributed by atoms with Gasteiger partial charge in [0.25, 0.3) is 0 Å². The number of hydrogen-bond donors (Lipinski definition) is 1. The van der Waals surface area contributed by atoms with Crippen LogP contribution in [0.4, 0.5) is 14.5 Å². The second kappa shape index (κ2) is 4.52. The van der Waals surface area contributed by atoms with Gasteiger partial charge in [-0.05, 0) is 43.2 Å². The van der Waals surface area contributed by atoms with Gasteiger partial charge in [0.2, 0.25) is 0 Å². The van der Waals surface area contributed by atoms with Crippen molar-refractivity contribution in [3.63, 3.8) is 0 Å². The number of anilines is 1.